The Morgan fingerprint density at radius 2 is 1.86 bits per heavy atom. The number of rotatable bonds is 4. The second-order valence-corrected chi connectivity index (χ2v) is 5.00. The van der Waals surface area contributed by atoms with E-state index in [0.717, 1.165) is 28.9 Å². The lowest BCUT2D eigenvalue weighted by molar-refractivity contribution is 0.674. The zero-order chi connectivity index (χ0) is 14.7. The molecule has 3 rings (SSSR count). The molecule has 2 aromatic heterocycles. The molecule has 1 atom stereocenters. The molecular formula is C17H18N4. The molecule has 0 unspecified atom stereocenters. The number of nitrogens with two attached hydrogens (primary N) is 1. The molecule has 0 fully saturated rings. The highest BCUT2D eigenvalue weighted by Crippen LogP contribution is 2.20. The van der Waals surface area contributed by atoms with Gasteiger partial charge in [-0.1, -0.05) is 37.3 Å². The highest BCUT2D eigenvalue weighted by Gasteiger charge is 2.06. The van der Waals surface area contributed by atoms with Crippen molar-refractivity contribution in [3.05, 3.63) is 66.7 Å². The fourth-order valence-electron chi connectivity index (χ4n) is 2.21. The third kappa shape index (κ3) is 2.85. The van der Waals surface area contributed by atoms with Gasteiger partial charge in [0.05, 0.1) is 23.8 Å². The maximum atomic E-state index is 5.98. The van der Waals surface area contributed by atoms with E-state index in [4.69, 9.17) is 5.73 Å². The van der Waals surface area contributed by atoms with Crippen molar-refractivity contribution in [2.75, 3.05) is 0 Å². The number of hydrogen-bond acceptors (Lipinski definition) is 3. The molecule has 0 bridgehead atoms. The van der Waals surface area contributed by atoms with Gasteiger partial charge in [0.2, 0.25) is 0 Å². The van der Waals surface area contributed by atoms with Gasteiger partial charge in [-0.3, -0.25) is 4.98 Å². The number of benzene rings is 1. The first-order chi connectivity index (χ1) is 10.3. The van der Waals surface area contributed by atoms with Gasteiger partial charge < -0.3 is 5.73 Å². The van der Waals surface area contributed by atoms with Crippen molar-refractivity contribution in [2.24, 2.45) is 5.73 Å². The highest BCUT2D eigenvalue weighted by molar-refractivity contribution is 5.61. The average Bonchev–Trinajstić information content (AvgIpc) is 3.05. The molecule has 3 aromatic rings. The van der Waals surface area contributed by atoms with Crippen LogP contribution in [-0.4, -0.2) is 14.8 Å². The summed E-state index contributed by atoms with van der Waals surface area (Å²) in [7, 11) is 0. The second kappa shape index (κ2) is 5.89. The molecule has 0 saturated heterocycles. The predicted octanol–water partition coefficient (Wildman–Crippen LogP) is 3.34. The van der Waals surface area contributed by atoms with Crippen molar-refractivity contribution in [3.63, 3.8) is 0 Å². The first-order valence-corrected chi connectivity index (χ1v) is 7.10. The van der Waals surface area contributed by atoms with Crippen LogP contribution in [0.4, 0.5) is 0 Å². The van der Waals surface area contributed by atoms with Gasteiger partial charge in [-0.25, -0.2) is 4.68 Å². The van der Waals surface area contributed by atoms with Crippen molar-refractivity contribution in [3.8, 4) is 16.8 Å². The fraction of sp³-hybridized carbons (Fsp3) is 0.176. The zero-order valence-electron chi connectivity index (χ0n) is 12.0. The van der Waals surface area contributed by atoms with Crippen LogP contribution in [0.2, 0.25) is 0 Å². The van der Waals surface area contributed by atoms with E-state index in [1.54, 1.807) is 0 Å². The van der Waals surface area contributed by atoms with Crippen LogP contribution in [0.5, 0.6) is 0 Å². The Labute approximate surface area is 124 Å². The molecule has 2 N–H and O–H groups in total. The molecule has 0 spiro atoms. The minimum absolute atomic E-state index is 0.00319. The van der Waals surface area contributed by atoms with E-state index in [-0.39, 0.29) is 6.04 Å². The third-order valence-electron chi connectivity index (χ3n) is 3.54. The molecule has 4 nitrogen and oxygen atoms in total. The topological polar surface area (TPSA) is 56.7 Å². The molecular weight excluding hydrogens is 260 g/mol. The minimum Gasteiger partial charge on any atom is -0.323 e. The molecule has 106 valence electrons. The third-order valence-corrected chi connectivity index (χ3v) is 3.54. The van der Waals surface area contributed by atoms with Crippen LogP contribution in [0.3, 0.4) is 0 Å². The summed E-state index contributed by atoms with van der Waals surface area (Å²) in [6.45, 7) is 2.06. The number of aromatic nitrogens is 3. The van der Waals surface area contributed by atoms with Gasteiger partial charge in [-0.2, -0.15) is 5.10 Å². The van der Waals surface area contributed by atoms with Crippen LogP contribution in [0, 0.1) is 0 Å². The first-order valence-electron chi connectivity index (χ1n) is 7.10. The maximum Gasteiger partial charge on any atom is 0.0829 e. The number of pyridine rings is 1. The molecule has 2 heterocycles. The van der Waals surface area contributed by atoms with E-state index in [2.05, 4.69) is 29.1 Å². The largest absolute Gasteiger partial charge is 0.323 e. The Hall–Kier alpha value is -2.46. The average molecular weight is 278 g/mol. The van der Waals surface area contributed by atoms with Crippen LogP contribution in [0.25, 0.3) is 16.8 Å². The van der Waals surface area contributed by atoms with Crippen molar-refractivity contribution in [1.82, 2.24) is 14.8 Å². The molecule has 0 aliphatic heterocycles. The summed E-state index contributed by atoms with van der Waals surface area (Å²) in [6, 6.07) is 14.2. The predicted molar refractivity (Wildman–Crippen MR) is 84.0 cm³/mol. The Bertz CT molecular complexity index is 701. The van der Waals surface area contributed by atoms with Crippen LogP contribution < -0.4 is 5.73 Å². The van der Waals surface area contributed by atoms with Crippen LogP contribution in [-0.2, 0) is 0 Å². The van der Waals surface area contributed by atoms with Crippen molar-refractivity contribution >= 4 is 0 Å². The molecule has 21 heavy (non-hydrogen) atoms. The summed E-state index contributed by atoms with van der Waals surface area (Å²) >= 11 is 0. The quantitative estimate of drug-likeness (QED) is 0.796. The maximum absolute atomic E-state index is 5.98. The Balaban J connectivity index is 1.86. The summed E-state index contributed by atoms with van der Waals surface area (Å²) in [5.74, 6) is 0. The molecule has 0 saturated carbocycles. The normalized spacial score (nSPS) is 12.3. The molecule has 1 aromatic carbocycles. The second-order valence-electron chi connectivity index (χ2n) is 5.00. The molecule has 0 amide bonds. The summed E-state index contributed by atoms with van der Waals surface area (Å²) in [5, 5.41) is 4.40. The van der Waals surface area contributed by atoms with Gasteiger partial charge in [0.1, 0.15) is 0 Å². The van der Waals surface area contributed by atoms with E-state index in [9.17, 15) is 0 Å². The van der Waals surface area contributed by atoms with Gasteiger partial charge in [0.15, 0.2) is 0 Å². The van der Waals surface area contributed by atoms with E-state index < -0.39 is 0 Å². The first kappa shape index (κ1) is 13.5. The summed E-state index contributed by atoms with van der Waals surface area (Å²) < 4.78 is 1.83. The van der Waals surface area contributed by atoms with Crippen molar-refractivity contribution in [2.45, 2.75) is 19.4 Å². The van der Waals surface area contributed by atoms with E-state index >= 15 is 0 Å². The molecule has 0 aliphatic rings. The van der Waals surface area contributed by atoms with Gasteiger partial charge in [0, 0.05) is 17.8 Å². The molecule has 0 radical (unpaired) electrons. The lowest BCUT2D eigenvalue weighted by Gasteiger charge is -2.08. The summed E-state index contributed by atoms with van der Waals surface area (Å²) in [5.41, 5.74) is 10.1. The lowest BCUT2D eigenvalue weighted by atomic mass is 10.1. The van der Waals surface area contributed by atoms with E-state index in [1.165, 1.54) is 0 Å². The number of nitrogens with zero attached hydrogens (tertiary/aromatic N) is 3. The lowest BCUT2D eigenvalue weighted by Crippen LogP contribution is -2.10. The molecule has 4 heteroatoms. The fourth-order valence-corrected chi connectivity index (χ4v) is 2.21. The summed E-state index contributed by atoms with van der Waals surface area (Å²) in [6.07, 6.45) is 6.56. The smallest absolute Gasteiger partial charge is 0.0829 e. The zero-order valence-corrected chi connectivity index (χ0v) is 12.0. The molecule has 0 aliphatic carbocycles. The summed E-state index contributed by atoms with van der Waals surface area (Å²) in [4.78, 5) is 4.42. The van der Waals surface area contributed by atoms with Crippen LogP contribution in [0.15, 0.2) is 61.1 Å². The standard InChI is InChI=1S/C17H18N4/c1-2-16(18)17-9-8-15(11-19-17)21-12-14(10-20-21)13-6-4-3-5-7-13/h3-12,16H,2,18H2,1H3/t16-/m1/s1. The van der Waals surface area contributed by atoms with Crippen molar-refractivity contribution < 1.29 is 0 Å². The van der Waals surface area contributed by atoms with E-state index in [0.29, 0.717) is 0 Å². The Kier molecular flexibility index (Phi) is 3.79. The van der Waals surface area contributed by atoms with Gasteiger partial charge >= 0.3 is 0 Å². The van der Waals surface area contributed by atoms with E-state index in [1.807, 2.05) is 53.6 Å². The Morgan fingerprint density at radius 3 is 2.52 bits per heavy atom. The van der Waals surface area contributed by atoms with Crippen LogP contribution in [0.1, 0.15) is 25.1 Å². The van der Waals surface area contributed by atoms with Crippen LogP contribution >= 0.6 is 0 Å². The van der Waals surface area contributed by atoms with Gasteiger partial charge in [0.25, 0.3) is 0 Å². The number of hydrogen-bond donors (Lipinski definition) is 1. The van der Waals surface area contributed by atoms with Gasteiger partial charge in [-0.15, -0.1) is 0 Å². The minimum atomic E-state index is -0.00319. The SMILES string of the molecule is CC[C@@H](N)c1ccc(-n2cc(-c3ccccc3)cn2)cn1. The van der Waals surface area contributed by atoms with Crippen molar-refractivity contribution in [1.29, 1.82) is 0 Å². The monoisotopic (exact) mass is 278 g/mol. The highest BCUT2D eigenvalue weighted by atomic mass is 15.3. The van der Waals surface area contributed by atoms with Gasteiger partial charge in [-0.05, 0) is 24.1 Å². The Morgan fingerprint density at radius 1 is 1.05 bits per heavy atom.